The summed E-state index contributed by atoms with van der Waals surface area (Å²) >= 11 is 12.6. The molecule has 0 atom stereocenters. The molecule has 0 saturated heterocycles. The standard InChI is InChI=1S/C23H18Cl2N2O2/c24-19-7-3-1-5-16(19)13-27-14-17(18-6-2-4-8-22(18)27)12-26-21-11-15(23(28)29)9-10-20(21)25/h1-11,14,26H,12-13H2,(H,28,29). The Morgan fingerprint density at radius 3 is 2.48 bits per heavy atom. The van der Waals surface area contributed by atoms with Gasteiger partial charge >= 0.3 is 5.97 Å². The maximum absolute atomic E-state index is 11.2. The van der Waals surface area contributed by atoms with Gasteiger partial charge in [0.2, 0.25) is 0 Å². The van der Waals surface area contributed by atoms with Crippen molar-refractivity contribution >= 4 is 45.8 Å². The van der Waals surface area contributed by atoms with E-state index in [1.54, 1.807) is 12.1 Å². The number of hydrogen-bond donors (Lipinski definition) is 2. The zero-order valence-corrected chi connectivity index (χ0v) is 16.9. The van der Waals surface area contributed by atoms with Crippen molar-refractivity contribution in [1.82, 2.24) is 4.57 Å². The highest BCUT2D eigenvalue weighted by molar-refractivity contribution is 6.33. The first-order valence-electron chi connectivity index (χ1n) is 9.10. The van der Waals surface area contributed by atoms with E-state index in [0.717, 1.165) is 27.1 Å². The Morgan fingerprint density at radius 1 is 0.931 bits per heavy atom. The third-order valence-corrected chi connectivity index (χ3v) is 5.55. The third-order valence-electron chi connectivity index (χ3n) is 4.85. The van der Waals surface area contributed by atoms with E-state index < -0.39 is 5.97 Å². The second-order valence-electron chi connectivity index (χ2n) is 6.74. The van der Waals surface area contributed by atoms with Gasteiger partial charge in [0.25, 0.3) is 0 Å². The molecule has 0 radical (unpaired) electrons. The Labute approximate surface area is 178 Å². The van der Waals surface area contributed by atoms with Gasteiger partial charge in [-0.1, -0.05) is 59.6 Å². The second-order valence-corrected chi connectivity index (χ2v) is 7.56. The van der Waals surface area contributed by atoms with Crippen molar-refractivity contribution in [2.45, 2.75) is 13.1 Å². The second kappa shape index (κ2) is 8.19. The Kier molecular flexibility index (Phi) is 5.47. The molecule has 0 bridgehead atoms. The first-order valence-corrected chi connectivity index (χ1v) is 9.85. The van der Waals surface area contributed by atoms with Gasteiger partial charge in [0.15, 0.2) is 0 Å². The summed E-state index contributed by atoms with van der Waals surface area (Å²) in [5, 5.41) is 14.8. The smallest absolute Gasteiger partial charge is 0.335 e. The highest BCUT2D eigenvalue weighted by Gasteiger charge is 2.12. The minimum Gasteiger partial charge on any atom is -0.478 e. The molecule has 0 fully saturated rings. The predicted octanol–water partition coefficient (Wildman–Crippen LogP) is 6.31. The van der Waals surface area contributed by atoms with Crippen molar-refractivity contribution < 1.29 is 9.90 Å². The molecule has 4 rings (SSSR count). The highest BCUT2D eigenvalue weighted by atomic mass is 35.5. The van der Waals surface area contributed by atoms with Gasteiger partial charge in [-0.2, -0.15) is 0 Å². The van der Waals surface area contributed by atoms with Crippen molar-refractivity contribution in [1.29, 1.82) is 0 Å². The summed E-state index contributed by atoms with van der Waals surface area (Å²) in [5.41, 5.74) is 4.03. The Morgan fingerprint density at radius 2 is 1.69 bits per heavy atom. The van der Waals surface area contributed by atoms with Crippen LogP contribution in [0.2, 0.25) is 10.0 Å². The van der Waals surface area contributed by atoms with Crippen molar-refractivity contribution in [3.63, 3.8) is 0 Å². The van der Waals surface area contributed by atoms with Crippen LogP contribution in [-0.4, -0.2) is 15.6 Å². The lowest BCUT2D eigenvalue weighted by molar-refractivity contribution is 0.0697. The molecule has 0 aliphatic rings. The number of nitrogens with one attached hydrogen (secondary N) is 1. The lowest BCUT2D eigenvalue weighted by Crippen LogP contribution is -2.03. The summed E-state index contributed by atoms with van der Waals surface area (Å²) in [4.78, 5) is 11.2. The van der Waals surface area contributed by atoms with Crippen LogP contribution in [0, 0.1) is 0 Å². The first-order chi connectivity index (χ1) is 14.0. The summed E-state index contributed by atoms with van der Waals surface area (Å²) in [5.74, 6) is -0.985. The number of para-hydroxylation sites is 1. The van der Waals surface area contributed by atoms with Crippen LogP contribution in [0.5, 0.6) is 0 Å². The van der Waals surface area contributed by atoms with Gasteiger partial charge in [-0.15, -0.1) is 0 Å². The largest absolute Gasteiger partial charge is 0.478 e. The zero-order chi connectivity index (χ0) is 20.4. The number of carboxylic acids is 1. The summed E-state index contributed by atoms with van der Waals surface area (Å²) in [6.45, 7) is 1.17. The summed E-state index contributed by atoms with van der Waals surface area (Å²) < 4.78 is 2.17. The number of carbonyl (C=O) groups is 1. The number of carboxylic acid groups (broad SMARTS) is 1. The van der Waals surface area contributed by atoms with Gasteiger partial charge in [-0.3, -0.25) is 0 Å². The molecular formula is C23H18Cl2N2O2. The van der Waals surface area contributed by atoms with Crippen LogP contribution in [0.15, 0.2) is 72.9 Å². The van der Waals surface area contributed by atoms with Gasteiger partial charge in [0.1, 0.15) is 0 Å². The highest BCUT2D eigenvalue weighted by Crippen LogP contribution is 2.27. The molecule has 2 N–H and O–H groups in total. The third kappa shape index (κ3) is 4.09. The molecule has 4 aromatic rings. The van der Waals surface area contributed by atoms with Gasteiger partial charge in [-0.05, 0) is 41.5 Å². The molecule has 0 saturated carbocycles. The molecule has 0 aliphatic heterocycles. The molecule has 3 aromatic carbocycles. The molecule has 1 heterocycles. The van der Waals surface area contributed by atoms with Gasteiger partial charge in [-0.25, -0.2) is 4.79 Å². The first kappa shape index (κ1) is 19.4. The van der Waals surface area contributed by atoms with Crippen LogP contribution in [0.1, 0.15) is 21.5 Å². The minimum atomic E-state index is -0.985. The Bertz CT molecular complexity index is 1200. The van der Waals surface area contributed by atoms with E-state index >= 15 is 0 Å². The maximum atomic E-state index is 11.2. The summed E-state index contributed by atoms with van der Waals surface area (Å²) in [6, 6.07) is 20.6. The predicted molar refractivity (Wildman–Crippen MR) is 118 cm³/mol. The molecule has 146 valence electrons. The van der Waals surface area contributed by atoms with E-state index in [-0.39, 0.29) is 5.56 Å². The molecule has 29 heavy (non-hydrogen) atoms. The van der Waals surface area contributed by atoms with E-state index in [0.29, 0.717) is 23.8 Å². The van der Waals surface area contributed by atoms with Crippen molar-refractivity contribution in [3.8, 4) is 0 Å². The van der Waals surface area contributed by atoms with E-state index in [2.05, 4.69) is 28.2 Å². The molecule has 4 nitrogen and oxygen atoms in total. The van der Waals surface area contributed by atoms with Crippen molar-refractivity contribution in [3.05, 3.63) is 99.7 Å². The number of hydrogen-bond acceptors (Lipinski definition) is 2. The lowest BCUT2D eigenvalue weighted by atomic mass is 10.1. The fourth-order valence-electron chi connectivity index (χ4n) is 3.39. The number of nitrogens with zero attached hydrogens (tertiary/aromatic N) is 1. The van der Waals surface area contributed by atoms with Crippen LogP contribution >= 0.6 is 23.2 Å². The number of halogens is 2. The van der Waals surface area contributed by atoms with Crippen LogP contribution in [0.3, 0.4) is 0 Å². The molecule has 0 unspecified atom stereocenters. The van der Waals surface area contributed by atoms with Gasteiger partial charge in [0, 0.05) is 35.2 Å². The lowest BCUT2D eigenvalue weighted by Gasteiger charge is -2.09. The van der Waals surface area contributed by atoms with Gasteiger partial charge < -0.3 is 15.0 Å². The quantitative estimate of drug-likeness (QED) is 0.381. The topological polar surface area (TPSA) is 54.3 Å². The monoisotopic (exact) mass is 424 g/mol. The Balaban J connectivity index is 1.64. The average Bonchev–Trinajstić information content (AvgIpc) is 3.06. The minimum absolute atomic E-state index is 0.193. The van der Waals surface area contributed by atoms with Gasteiger partial charge in [0.05, 0.1) is 16.3 Å². The molecule has 0 amide bonds. The molecule has 1 aromatic heterocycles. The van der Waals surface area contributed by atoms with Crippen molar-refractivity contribution in [2.75, 3.05) is 5.32 Å². The molecule has 6 heteroatoms. The zero-order valence-electron chi connectivity index (χ0n) is 15.4. The van der Waals surface area contributed by atoms with Crippen LogP contribution < -0.4 is 5.32 Å². The van der Waals surface area contributed by atoms with Crippen LogP contribution in [-0.2, 0) is 13.1 Å². The SMILES string of the molecule is O=C(O)c1ccc(Cl)c(NCc2cn(Cc3ccccc3Cl)c3ccccc23)c1. The summed E-state index contributed by atoms with van der Waals surface area (Å²) in [7, 11) is 0. The average molecular weight is 425 g/mol. The number of aromatic carboxylic acids is 1. The number of anilines is 1. The van der Waals surface area contributed by atoms with E-state index in [9.17, 15) is 9.90 Å². The fraction of sp³-hybridized carbons (Fsp3) is 0.0870. The number of rotatable bonds is 6. The number of aromatic nitrogens is 1. The Hall–Kier alpha value is -2.95. The maximum Gasteiger partial charge on any atom is 0.335 e. The van der Waals surface area contributed by atoms with Crippen LogP contribution in [0.4, 0.5) is 5.69 Å². The van der Waals surface area contributed by atoms with Crippen LogP contribution in [0.25, 0.3) is 10.9 Å². The van der Waals surface area contributed by atoms with E-state index in [1.807, 2.05) is 36.4 Å². The summed E-state index contributed by atoms with van der Waals surface area (Å²) in [6.07, 6.45) is 2.09. The molecule has 0 spiro atoms. The molecular weight excluding hydrogens is 407 g/mol. The van der Waals surface area contributed by atoms with E-state index in [1.165, 1.54) is 6.07 Å². The fourth-order valence-corrected chi connectivity index (χ4v) is 3.77. The number of benzene rings is 3. The van der Waals surface area contributed by atoms with E-state index in [4.69, 9.17) is 23.2 Å². The normalized spacial score (nSPS) is 11.0. The number of fused-ring (bicyclic) bond motifs is 1. The van der Waals surface area contributed by atoms with Crippen molar-refractivity contribution in [2.24, 2.45) is 0 Å². The molecule has 0 aliphatic carbocycles.